The van der Waals surface area contributed by atoms with Gasteiger partial charge in [-0.3, -0.25) is 4.57 Å². The molecule has 3 saturated heterocycles. The topological polar surface area (TPSA) is 66.8 Å². The van der Waals surface area contributed by atoms with Crippen molar-refractivity contribution in [2.45, 2.75) is 0 Å². The SMILES string of the molecule is O=P(C(/N=C(/c1ccccc1)N1CCOCC1)=C(Cl)Cl)(N1CCOCC1)N1CCOCC1. The second-order valence-corrected chi connectivity index (χ2v) is 11.3. The summed E-state index contributed by atoms with van der Waals surface area (Å²) in [4.78, 5) is 7.10. The van der Waals surface area contributed by atoms with Crippen molar-refractivity contribution in [1.29, 1.82) is 0 Å². The lowest BCUT2D eigenvalue weighted by atomic mass is 10.2. The van der Waals surface area contributed by atoms with Gasteiger partial charge in [-0.1, -0.05) is 53.5 Å². The van der Waals surface area contributed by atoms with Crippen molar-refractivity contribution in [1.82, 2.24) is 14.2 Å². The van der Waals surface area contributed by atoms with Crippen LogP contribution >= 0.6 is 30.6 Å². The molecule has 0 unspecified atom stereocenters. The van der Waals surface area contributed by atoms with Crippen LogP contribution in [-0.2, 0) is 18.8 Å². The van der Waals surface area contributed by atoms with Crippen LogP contribution in [0.25, 0.3) is 0 Å². The van der Waals surface area contributed by atoms with Crippen LogP contribution in [0.1, 0.15) is 5.56 Å². The number of hydrogen-bond donors (Lipinski definition) is 0. The van der Waals surface area contributed by atoms with Gasteiger partial charge in [0.15, 0.2) is 5.44 Å². The first-order valence-electron chi connectivity index (χ1n) is 10.9. The third-order valence-electron chi connectivity index (χ3n) is 5.74. The normalized spacial score (nSPS) is 22.1. The molecular weight excluding hydrogens is 474 g/mol. The molecule has 4 rings (SSSR count). The smallest absolute Gasteiger partial charge is 0.266 e. The maximum Gasteiger partial charge on any atom is 0.266 e. The van der Waals surface area contributed by atoms with Gasteiger partial charge in [0.05, 0.1) is 39.6 Å². The van der Waals surface area contributed by atoms with E-state index in [1.54, 1.807) is 0 Å². The fourth-order valence-corrected chi connectivity index (χ4v) is 7.59. The van der Waals surface area contributed by atoms with E-state index in [4.69, 9.17) is 42.4 Å². The van der Waals surface area contributed by atoms with E-state index in [-0.39, 0.29) is 9.93 Å². The summed E-state index contributed by atoms with van der Waals surface area (Å²) in [5.74, 6) is 0.699. The Bertz CT molecular complexity index is 842. The summed E-state index contributed by atoms with van der Waals surface area (Å²) in [7, 11) is -3.38. The van der Waals surface area contributed by atoms with Crippen molar-refractivity contribution in [3.8, 4) is 0 Å². The van der Waals surface area contributed by atoms with Gasteiger partial charge < -0.3 is 19.1 Å². The largest absolute Gasteiger partial charge is 0.379 e. The number of halogens is 2. The first-order chi connectivity index (χ1) is 15.6. The summed E-state index contributed by atoms with van der Waals surface area (Å²) in [6.45, 7) is 6.65. The van der Waals surface area contributed by atoms with Crippen molar-refractivity contribution in [2.75, 3.05) is 78.9 Å². The Hall–Kier alpha value is -0.960. The molecule has 32 heavy (non-hydrogen) atoms. The molecule has 3 aliphatic heterocycles. The number of morpholine rings is 3. The number of rotatable bonds is 5. The minimum atomic E-state index is -3.38. The second kappa shape index (κ2) is 11.4. The summed E-state index contributed by atoms with van der Waals surface area (Å²) < 4.78 is 35.3. The van der Waals surface area contributed by atoms with Crippen molar-refractivity contribution in [2.24, 2.45) is 4.99 Å². The fourth-order valence-electron chi connectivity index (χ4n) is 4.09. The molecule has 3 aliphatic rings. The minimum Gasteiger partial charge on any atom is -0.379 e. The van der Waals surface area contributed by atoms with Crippen LogP contribution in [0.3, 0.4) is 0 Å². The second-order valence-electron chi connectivity index (χ2n) is 7.66. The van der Waals surface area contributed by atoms with Gasteiger partial charge in [0.1, 0.15) is 10.3 Å². The van der Waals surface area contributed by atoms with E-state index in [9.17, 15) is 4.57 Å². The van der Waals surface area contributed by atoms with E-state index < -0.39 is 7.44 Å². The van der Waals surface area contributed by atoms with Crippen LogP contribution in [0.2, 0.25) is 0 Å². The molecule has 0 saturated carbocycles. The summed E-state index contributed by atoms with van der Waals surface area (Å²) in [5.41, 5.74) is 1.13. The number of nitrogens with zero attached hydrogens (tertiary/aromatic N) is 4. The average Bonchev–Trinajstić information content (AvgIpc) is 2.86. The lowest BCUT2D eigenvalue weighted by Gasteiger charge is -2.42. The van der Waals surface area contributed by atoms with E-state index in [0.717, 1.165) is 5.56 Å². The average molecular weight is 503 g/mol. The van der Waals surface area contributed by atoms with Gasteiger partial charge >= 0.3 is 0 Å². The number of hydrogen-bond acceptors (Lipinski definition) is 5. The third-order valence-corrected chi connectivity index (χ3v) is 9.57. The number of amidine groups is 1. The number of benzene rings is 1. The van der Waals surface area contributed by atoms with Gasteiger partial charge in [-0.15, -0.1) is 0 Å². The molecule has 0 spiro atoms. The fraction of sp³-hybridized carbons (Fsp3) is 0.571. The van der Waals surface area contributed by atoms with Gasteiger partial charge in [0.25, 0.3) is 7.44 Å². The monoisotopic (exact) mass is 502 g/mol. The molecule has 11 heteroatoms. The van der Waals surface area contributed by atoms with Crippen molar-refractivity contribution in [3.63, 3.8) is 0 Å². The zero-order valence-electron chi connectivity index (χ0n) is 18.0. The van der Waals surface area contributed by atoms with E-state index in [0.29, 0.717) is 84.7 Å². The standard InChI is InChI=1S/C21H29Cl2N4O4P/c22-19(23)21(24-20(18-4-2-1-3-5-18)25-6-12-29-13-7-25)32(28,26-8-14-30-15-9-26)27-10-16-31-17-11-27/h1-5H,6-17H2/b24-20-. The molecule has 0 aliphatic carbocycles. The van der Waals surface area contributed by atoms with E-state index >= 15 is 0 Å². The van der Waals surface area contributed by atoms with Gasteiger partial charge in [-0.2, -0.15) is 0 Å². The summed E-state index contributed by atoms with van der Waals surface area (Å²) in [5, 5.41) is 0. The molecule has 0 bridgehead atoms. The summed E-state index contributed by atoms with van der Waals surface area (Å²) in [6, 6.07) is 9.85. The number of aliphatic imine (C=N–C) groups is 1. The molecule has 0 aromatic heterocycles. The summed E-state index contributed by atoms with van der Waals surface area (Å²) in [6.07, 6.45) is 0. The highest BCUT2D eigenvalue weighted by molar-refractivity contribution is 7.63. The molecule has 176 valence electrons. The lowest BCUT2D eigenvalue weighted by Crippen LogP contribution is -2.44. The zero-order chi connectivity index (χ0) is 22.4. The number of ether oxygens (including phenoxy) is 3. The van der Waals surface area contributed by atoms with Gasteiger partial charge in [-0.05, 0) is 0 Å². The molecular formula is C21H29Cl2N4O4P. The molecule has 3 fully saturated rings. The molecule has 0 radical (unpaired) electrons. The predicted molar refractivity (Wildman–Crippen MR) is 126 cm³/mol. The molecule has 0 N–H and O–H groups in total. The maximum atomic E-state index is 14.9. The van der Waals surface area contributed by atoms with Gasteiger partial charge in [-0.25, -0.2) is 14.3 Å². The van der Waals surface area contributed by atoms with E-state index in [2.05, 4.69) is 4.90 Å². The Labute approximate surface area is 199 Å². The predicted octanol–water partition coefficient (Wildman–Crippen LogP) is 3.23. The highest BCUT2D eigenvalue weighted by atomic mass is 35.5. The zero-order valence-corrected chi connectivity index (χ0v) is 20.4. The molecule has 3 heterocycles. The van der Waals surface area contributed by atoms with Gasteiger partial charge in [0.2, 0.25) is 0 Å². The van der Waals surface area contributed by atoms with E-state index in [1.807, 2.05) is 39.7 Å². The van der Waals surface area contributed by atoms with Crippen LogP contribution in [0, 0.1) is 0 Å². The minimum absolute atomic E-state index is 0.0759. The van der Waals surface area contributed by atoms with E-state index in [1.165, 1.54) is 0 Å². The maximum absolute atomic E-state index is 14.9. The van der Waals surface area contributed by atoms with Crippen molar-refractivity contribution < 1.29 is 18.8 Å². The Morgan fingerprint density at radius 1 is 0.781 bits per heavy atom. The Balaban J connectivity index is 1.81. The molecule has 1 aromatic carbocycles. The van der Waals surface area contributed by atoms with Crippen LogP contribution in [0.15, 0.2) is 45.3 Å². The quantitative estimate of drug-likeness (QED) is 0.347. The molecule has 8 nitrogen and oxygen atoms in total. The Morgan fingerprint density at radius 3 is 1.72 bits per heavy atom. The first kappa shape index (κ1) is 24.2. The molecule has 1 aromatic rings. The Kier molecular flexibility index (Phi) is 8.65. The molecule has 0 atom stereocenters. The van der Waals surface area contributed by atoms with Crippen LogP contribution in [-0.4, -0.2) is 99.0 Å². The molecule has 0 amide bonds. The highest BCUT2D eigenvalue weighted by Crippen LogP contribution is 2.62. The summed E-state index contributed by atoms with van der Waals surface area (Å²) >= 11 is 12.9. The van der Waals surface area contributed by atoms with Crippen molar-refractivity contribution in [3.05, 3.63) is 45.8 Å². The lowest BCUT2D eigenvalue weighted by molar-refractivity contribution is 0.0532. The van der Waals surface area contributed by atoms with Crippen LogP contribution < -0.4 is 0 Å². The van der Waals surface area contributed by atoms with Gasteiger partial charge in [0, 0.05) is 44.8 Å². The Morgan fingerprint density at radius 2 is 1.25 bits per heavy atom. The third kappa shape index (κ3) is 5.40. The van der Waals surface area contributed by atoms with Crippen molar-refractivity contribution >= 4 is 36.5 Å². The van der Waals surface area contributed by atoms with Crippen LogP contribution in [0.4, 0.5) is 0 Å². The van der Waals surface area contributed by atoms with Crippen LogP contribution in [0.5, 0.6) is 0 Å². The first-order valence-corrected chi connectivity index (χ1v) is 13.3. The highest BCUT2D eigenvalue weighted by Gasteiger charge is 2.44.